The van der Waals surface area contributed by atoms with Crippen LogP contribution in [-0.4, -0.2) is 20.7 Å². The van der Waals surface area contributed by atoms with Crippen molar-refractivity contribution in [2.45, 2.75) is 38.6 Å². The Bertz CT molecular complexity index is 968. The zero-order valence-electron chi connectivity index (χ0n) is 15.2. The molecular weight excluding hydrogens is 360 g/mol. The summed E-state index contributed by atoms with van der Waals surface area (Å²) in [6.07, 6.45) is 2.89. The molecule has 0 radical (unpaired) electrons. The number of hydrogen-bond donors (Lipinski definition) is 1. The van der Waals surface area contributed by atoms with Crippen molar-refractivity contribution in [2.24, 2.45) is 0 Å². The van der Waals surface area contributed by atoms with Crippen LogP contribution in [0.2, 0.25) is 5.02 Å². The van der Waals surface area contributed by atoms with Crippen molar-refractivity contribution in [3.05, 3.63) is 76.3 Å². The second-order valence-corrected chi connectivity index (χ2v) is 7.31. The quantitative estimate of drug-likeness (QED) is 0.728. The van der Waals surface area contributed by atoms with Gasteiger partial charge in [0.2, 0.25) is 5.91 Å². The van der Waals surface area contributed by atoms with Gasteiger partial charge in [0.25, 0.3) is 0 Å². The molecule has 0 spiro atoms. The summed E-state index contributed by atoms with van der Waals surface area (Å²) in [6.45, 7) is 2.00. The van der Waals surface area contributed by atoms with Crippen molar-refractivity contribution in [1.29, 1.82) is 0 Å². The molecule has 3 aromatic rings. The largest absolute Gasteiger partial charge is 0.346 e. The minimum Gasteiger partial charge on any atom is -0.346 e. The van der Waals surface area contributed by atoms with Crippen LogP contribution in [0.5, 0.6) is 0 Å². The first-order chi connectivity index (χ1) is 13.1. The Morgan fingerprint density at radius 1 is 1.19 bits per heavy atom. The Morgan fingerprint density at radius 2 is 2.00 bits per heavy atom. The van der Waals surface area contributed by atoms with Gasteiger partial charge in [-0.25, -0.2) is 9.67 Å². The zero-order valence-corrected chi connectivity index (χ0v) is 15.9. The highest BCUT2D eigenvalue weighted by Crippen LogP contribution is 2.27. The first-order valence-electron chi connectivity index (χ1n) is 9.16. The molecular formula is C21H21ClN4O. The lowest BCUT2D eigenvalue weighted by atomic mass is 10.1. The van der Waals surface area contributed by atoms with Gasteiger partial charge in [-0.2, -0.15) is 5.10 Å². The second-order valence-electron chi connectivity index (χ2n) is 6.87. The van der Waals surface area contributed by atoms with E-state index in [1.165, 1.54) is 5.56 Å². The van der Waals surface area contributed by atoms with Gasteiger partial charge in [-0.3, -0.25) is 4.79 Å². The third-order valence-electron chi connectivity index (χ3n) is 4.85. The van der Waals surface area contributed by atoms with Crippen LogP contribution in [-0.2, 0) is 17.6 Å². The highest BCUT2D eigenvalue weighted by atomic mass is 35.5. The Hall–Kier alpha value is -2.66. The monoisotopic (exact) mass is 380 g/mol. The fraction of sp³-hybridized carbons (Fsp3) is 0.286. The van der Waals surface area contributed by atoms with E-state index in [0.717, 1.165) is 42.2 Å². The van der Waals surface area contributed by atoms with Crippen molar-refractivity contribution in [3.63, 3.8) is 0 Å². The van der Waals surface area contributed by atoms with Gasteiger partial charge < -0.3 is 5.32 Å². The van der Waals surface area contributed by atoms with Gasteiger partial charge in [-0.05, 0) is 49.1 Å². The van der Waals surface area contributed by atoms with E-state index >= 15 is 0 Å². The maximum absolute atomic E-state index is 11.7. The zero-order chi connectivity index (χ0) is 18.8. The summed E-state index contributed by atoms with van der Waals surface area (Å²) < 4.78 is 1.86. The minimum absolute atomic E-state index is 0.0632. The van der Waals surface area contributed by atoms with Crippen LogP contribution in [0.25, 0.3) is 5.69 Å². The van der Waals surface area contributed by atoms with E-state index in [-0.39, 0.29) is 11.9 Å². The molecule has 1 N–H and O–H groups in total. The number of amides is 1. The molecule has 2 heterocycles. The Morgan fingerprint density at radius 3 is 2.70 bits per heavy atom. The average Bonchev–Trinajstić information content (AvgIpc) is 3.27. The van der Waals surface area contributed by atoms with E-state index in [0.29, 0.717) is 11.4 Å². The van der Waals surface area contributed by atoms with Crippen molar-refractivity contribution >= 4 is 17.5 Å². The Kier molecular flexibility index (Phi) is 4.94. The summed E-state index contributed by atoms with van der Waals surface area (Å²) >= 11 is 6.11. The van der Waals surface area contributed by atoms with Crippen molar-refractivity contribution < 1.29 is 4.79 Å². The third kappa shape index (κ3) is 3.88. The maximum atomic E-state index is 11.7. The van der Waals surface area contributed by atoms with Crippen LogP contribution in [0.15, 0.2) is 48.5 Å². The molecule has 4 rings (SSSR count). The van der Waals surface area contributed by atoms with Gasteiger partial charge in [0, 0.05) is 17.9 Å². The van der Waals surface area contributed by atoms with Crippen LogP contribution in [0.4, 0.5) is 0 Å². The van der Waals surface area contributed by atoms with Gasteiger partial charge in [0.1, 0.15) is 0 Å². The van der Waals surface area contributed by atoms with E-state index < -0.39 is 0 Å². The molecule has 2 aromatic carbocycles. The molecule has 1 atom stereocenters. The van der Waals surface area contributed by atoms with E-state index in [4.69, 9.17) is 21.7 Å². The average molecular weight is 381 g/mol. The molecule has 5 nitrogen and oxygen atoms in total. The Labute approximate surface area is 163 Å². The molecule has 27 heavy (non-hydrogen) atoms. The van der Waals surface area contributed by atoms with Crippen LogP contribution >= 0.6 is 11.6 Å². The number of rotatable bonds is 5. The molecule has 0 bridgehead atoms. The summed E-state index contributed by atoms with van der Waals surface area (Å²) in [6, 6.07) is 15.9. The Balaban J connectivity index is 1.67. The van der Waals surface area contributed by atoms with Gasteiger partial charge in [0.05, 0.1) is 11.7 Å². The summed E-state index contributed by atoms with van der Waals surface area (Å²) in [5.41, 5.74) is 3.22. The van der Waals surface area contributed by atoms with E-state index in [1.807, 2.05) is 48.0 Å². The van der Waals surface area contributed by atoms with Gasteiger partial charge >= 0.3 is 0 Å². The molecule has 1 aliphatic rings. The fourth-order valence-electron chi connectivity index (χ4n) is 3.44. The smallest absolute Gasteiger partial charge is 0.220 e. The predicted octanol–water partition coefficient (Wildman–Crippen LogP) is 3.97. The number of halogens is 1. The summed E-state index contributed by atoms with van der Waals surface area (Å²) in [5.74, 6) is 1.63. The number of carbonyl (C=O) groups is 1. The topological polar surface area (TPSA) is 59.8 Å². The van der Waals surface area contributed by atoms with Crippen molar-refractivity contribution in [2.75, 3.05) is 0 Å². The molecule has 1 aliphatic heterocycles. The second kappa shape index (κ2) is 7.53. The van der Waals surface area contributed by atoms with Gasteiger partial charge in [-0.1, -0.05) is 41.9 Å². The SMILES string of the molecule is Cc1cc(Cl)ccc1-n1nc(CCc2ccccc2)nc1[C@H]1CCC(=O)N1. The van der Waals surface area contributed by atoms with Crippen LogP contribution < -0.4 is 5.32 Å². The minimum atomic E-state index is -0.106. The van der Waals surface area contributed by atoms with Gasteiger partial charge in [-0.15, -0.1) is 0 Å². The molecule has 1 fully saturated rings. The number of aromatic nitrogens is 3. The summed E-state index contributed by atoms with van der Waals surface area (Å²) in [4.78, 5) is 16.5. The first-order valence-corrected chi connectivity index (χ1v) is 9.53. The highest BCUT2D eigenvalue weighted by Gasteiger charge is 2.28. The van der Waals surface area contributed by atoms with E-state index in [1.54, 1.807) is 0 Å². The normalized spacial score (nSPS) is 16.5. The lowest BCUT2D eigenvalue weighted by molar-refractivity contribution is -0.119. The van der Waals surface area contributed by atoms with E-state index in [2.05, 4.69) is 17.4 Å². The van der Waals surface area contributed by atoms with Crippen molar-refractivity contribution in [3.8, 4) is 5.69 Å². The highest BCUT2D eigenvalue weighted by molar-refractivity contribution is 6.30. The number of nitrogens with one attached hydrogen (secondary N) is 1. The number of benzene rings is 2. The molecule has 0 unspecified atom stereocenters. The predicted molar refractivity (Wildman–Crippen MR) is 105 cm³/mol. The third-order valence-corrected chi connectivity index (χ3v) is 5.09. The van der Waals surface area contributed by atoms with E-state index in [9.17, 15) is 4.79 Å². The lowest BCUT2D eigenvalue weighted by Crippen LogP contribution is -2.21. The number of nitrogens with zero attached hydrogens (tertiary/aromatic N) is 3. The molecule has 0 aliphatic carbocycles. The fourth-order valence-corrected chi connectivity index (χ4v) is 3.67. The summed E-state index contributed by atoms with van der Waals surface area (Å²) in [5, 5.41) is 8.47. The number of hydrogen-bond acceptors (Lipinski definition) is 3. The molecule has 138 valence electrons. The maximum Gasteiger partial charge on any atom is 0.220 e. The number of carbonyl (C=O) groups excluding carboxylic acids is 1. The molecule has 1 aromatic heterocycles. The van der Waals surface area contributed by atoms with Crippen LogP contribution in [0.3, 0.4) is 0 Å². The van der Waals surface area contributed by atoms with Crippen LogP contribution in [0, 0.1) is 6.92 Å². The first kappa shape index (κ1) is 17.7. The van der Waals surface area contributed by atoms with Gasteiger partial charge in [0.15, 0.2) is 11.6 Å². The van der Waals surface area contributed by atoms with Crippen LogP contribution in [0.1, 0.15) is 41.7 Å². The molecule has 0 saturated carbocycles. The summed E-state index contributed by atoms with van der Waals surface area (Å²) in [7, 11) is 0. The number of aryl methyl sites for hydroxylation is 3. The molecule has 1 saturated heterocycles. The molecule has 6 heteroatoms. The molecule has 1 amide bonds. The standard InChI is InChI=1S/C21H21ClN4O/c1-14-13-16(22)8-10-18(14)26-21(17-9-12-20(27)23-17)24-19(25-26)11-7-15-5-3-2-4-6-15/h2-6,8,10,13,17H,7,9,11-12H2,1H3,(H,23,27)/t17-/m1/s1. The van der Waals surface area contributed by atoms with Crippen molar-refractivity contribution in [1.82, 2.24) is 20.1 Å². The lowest BCUT2D eigenvalue weighted by Gasteiger charge is -2.13.